The van der Waals surface area contributed by atoms with Crippen LogP contribution in [0.25, 0.3) is 11.1 Å². The van der Waals surface area contributed by atoms with Crippen molar-refractivity contribution in [2.75, 3.05) is 7.11 Å². The molecule has 0 aliphatic heterocycles. The van der Waals surface area contributed by atoms with Crippen molar-refractivity contribution in [2.24, 2.45) is 5.14 Å². The molecule has 2 N–H and O–H groups in total. The Bertz CT molecular complexity index is 648. The van der Waals surface area contributed by atoms with E-state index in [9.17, 15) is 8.42 Å². The third-order valence-electron chi connectivity index (χ3n) is 2.49. The summed E-state index contributed by atoms with van der Waals surface area (Å²) in [6.07, 6.45) is 0. The summed E-state index contributed by atoms with van der Waals surface area (Å²) in [5.74, 6) is 0.956. The Labute approximate surface area is 111 Å². The van der Waals surface area contributed by atoms with Crippen molar-refractivity contribution < 1.29 is 17.3 Å². The van der Waals surface area contributed by atoms with Gasteiger partial charge in [-0.25, -0.2) is 0 Å². The summed E-state index contributed by atoms with van der Waals surface area (Å²) in [6.45, 7) is 0. The number of methoxy groups -OCH3 is 1. The summed E-state index contributed by atoms with van der Waals surface area (Å²) in [5.41, 5.74) is 1.92. The Balaban J connectivity index is 2.22. The summed E-state index contributed by atoms with van der Waals surface area (Å²) in [5, 5.41) is 4.78. The smallest absolute Gasteiger partial charge is 0.380 e. The summed E-state index contributed by atoms with van der Waals surface area (Å²) >= 11 is 0. The standard InChI is InChI=1S/C13H13NO4S/c1-17-12-6-2-10(3-7-12)11-4-8-13(9-5-11)18-19(14,15)16/h2-9H,1H3,(H2,14,15,16). The van der Waals surface area contributed by atoms with Crippen LogP contribution in [0.4, 0.5) is 0 Å². The van der Waals surface area contributed by atoms with E-state index in [0.29, 0.717) is 0 Å². The number of hydrogen-bond donors (Lipinski definition) is 1. The molecule has 0 fully saturated rings. The van der Waals surface area contributed by atoms with Gasteiger partial charge in [-0.2, -0.15) is 13.6 Å². The lowest BCUT2D eigenvalue weighted by molar-refractivity contribution is 0.415. The Kier molecular flexibility index (Phi) is 3.73. The zero-order valence-electron chi connectivity index (χ0n) is 10.2. The molecule has 6 heteroatoms. The van der Waals surface area contributed by atoms with Crippen LogP contribution in [0.5, 0.6) is 11.5 Å². The van der Waals surface area contributed by atoms with Gasteiger partial charge in [0.2, 0.25) is 0 Å². The van der Waals surface area contributed by atoms with E-state index in [4.69, 9.17) is 9.88 Å². The number of hydrogen-bond acceptors (Lipinski definition) is 4. The van der Waals surface area contributed by atoms with Gasteiger partial charge in [0.15, 0.2) is 0 Å². The first-order valence-electron chi connectivity index (χ1n) is 5.44. The third kappa shape index (κ3) is 3.70. The van der Waals surface area contributed by atoms with Crippen LogP contribution in [0.15, 0.2) is 48.5 Å². The molecular formula is C13H13NO4S. The fourth-order valence-electron chi connectivity index (χ4n) is 1.62. The van der Waals surface area contributed by atoms with E-state index in [1.165, 1.54) is 0 Å². The average Bonchev–Trinajstić information content (AvgIpc) is 2.38. The normalized spacial score (nSPS) is 11.1. The highest BCUT2D eigenvalue weighted by Crippen LogP contribution is 2.24. The van der Waals surface area contributed by atoms with E-state index < -0.39 is 10.3 Å². The molecule has 0 saturated carbocycles. The van der Waals surface area contributed by atoms with Crippen LogP contribution in [0.1, 0.15) is 0 Å². The molecule has 0 spiro atoms. The van der Waals surface area contributed by atoms with Crippen LogP contribution in [0.2, 0.25) is 0 Å². The van der Waals surface area contributed by atoms with E-state index in [2.05, 4.69) is 4.18 Å². The predicted molar refractivity (Wildman–Crippen MR) is 72.2 cm³/mol. The van der Waals surface area contributed by atoms with Crippen LogP contribution in [0, 0.1) is 0 Å². The van der Waals surface area contributed by atoms with Crippen molar-refractivity contribution in [1.82, 2.24) is 0 Å². The second-order valence-corrected chi connectivity index (χ2v) is 4.98. The van der Waals surface area contributed by atoms with Gasteiger partial charge in [0.05, 0.1) is 7.11 Å². The molecule has 0 aliphatic rings. The molecule has 5 nitrogen and oxygen atoms in total. The number of nitrogens with two attached hydrogens (primary N) is 1. The molecule has 100 valence electrons. The zero-order valence-corrected chi connectivity index (χ0v) is 11.1. The second kappa shape index (κ2) is 5.29. The highest BCUT2D eigenvalue weighted by Gasteiger charge is 2.05. The van der Waals surface area contributed by atoms with Gasteiger partial charge in [0.25, 0.3) is 0 Å². The molecule has 0 bridgehead atoms. The summed E-state index contributed by atoms with van der Waals surface area (Å²) in [6, 6.07) is 14.1. The first-order chi connectivity index (χ1) is 8.98. The number of rotatable bonds is 4. The molecule has 2 aromatic rings. The van der Waals surface area contributed by atoms with Gasteiger partial charge in [-0.05, 0) is 35.4 Å². The second-order valence-electron chi connectivity index (χ2n) is 3.83. The van der Waals surface area contributed by atoms with Gasteiger partial charge in [-0.3, -0.25) is 0 Å². The molecule has 0 heterocycles. The van der Waals surface area contributed by atoms with E-state index in [1.807, 2.05) is 24.3 Å². The molecule has 0 radical (unpaired) electrons. The molecule has 0 amide bonds. The van der Waals surface area contributed by atoms with Crippen molar-refractivity contribution >= 4 is 10.3 Å². The summed E-state index contributed by atoms with van der Waals surface area (Å²) in [7, 11) is -2.37. The van der Waals surface area contributed by atoms with Crippen molar-refractivity contribution in [3.8, 4) is 22.6 Å². The lowest BCUT2D eigenvalue weighted by Crippen LogP contribution is -2.18. The number of ether oxygens (including phenoxy) is 1. The minimum atomic E-state index is -3.98. The van der Waals surface area contributed by atoms with Gasteiger partial charge in [-0.1, -0.05) is 24.3 Å². The average molecular weight is 279 g/mol. The van der Waals surface area contributed by atoms with Gasteiger partial charge < -0.3 is 8.92 Å². The Morgan fingerprint density at radius 2 is 1.26 bits per heavy atom. The lowest BCUT2D eigenvalue weighted by atomic mass is 10.1. The highest BCUT2D eigenvalue weighted by atomic mass is 32.2. The monoisotopic (exact) mass is 279 g/mol. The Morgan fingerprint density at radius 3 is 1.63 bits per heavy atom. The molecule has 2 rings (SSSR count). The molecule has 0 aliphatic carbocycles. The molecule has 0 atom stereocenters. The maximum absolute atomic E-state index is 10.8. The molecular weight excluding hydrogens is 266 g/mol. The van der Waals surface area contributed by atoms with E-state index >= 15 is 0 Å². The highest BCUT2D eigenvalue weighted by molar-refractivity contribution is 7.84. The topological polar surface area (TPSA) is 78.6 Å². The van der Waals surface area contributed by atoms with Gasteiger partial charge in [0, 0.05) is 0 Å². The van der Waals surface area contributed by atoms with Crippen LogP contribution in [-0.4, -0.2) is 15.5 Å². The predicted octanol–water partition coefficient (Wildman–Crippen LogP) is 1.94. The van der Waals surface area contributed by atoms with E-state index in [1.54, 1.807) is 31.4 Å². The van der Waals surface area contributed by atoms with Gasteiger partial charge in [0.1, 0.15) is 11.5 Å². The fraction of sp³-hybridized carbons (Fsp3) is 0.0769. The van der Waals surface area contributed by atoms with E-state index in [0.717, 1.165) is 16.9 Å². The summed E-state index contributed by atoms with van der Waals surface area (Å²) < 4.78 is 31.2. The van der Waals surface area contributed by atoms with Crippen molar-refractivity contribution in [2.45, 2.75) is 0 Å². The maximum Gasteiger partial charge on any atom is 0.380 e. The molecule has 0 unspecified atom stereocenters. The molecule has 0 aromatic heterocycles. The quantitative estimate of drug-likeness (QED) is 0.927. The van der Waals surface area contributed by atoms with E-state index in [-0.39, 0.29) is 5.75 Å². The lowest BCUT2D eigenvalue weighted by Gasteiger charge is -2.05. The van der Waals surface area contributed by atoms with Gasteiger partial charge in [-0.15, -0.1) is 0 Å². The molecule has 0 saturated heterocycles. The van der Waals surface area contributed by atoms with Crippen molar-refractivity contribution in [3.63, 3.8) is 0 Å². The van der Waals surface area contributed by atoms with Crippen LogP contribution >= 0.6 is 0 Å². The Hall–Kier alpha value is -2.05. The Morgan fingerprint density at radius 1 is 0.842 bits per heavy atom. The first-order valence-corrected chi connectivity index (χ1v) is 6.92. The van der Waals surface area contributed by atoms with Crippen molar-refractivity contribution in [3.05, 3.63) is 48.5 Å². The van der Waals surface area contributed by atoms with Crippen molar-refractivity contribution in [1.29, 1.82) is 0 Å². The molecule has 19 heavy (non-hydrogen) atoms. The van der Waals surface area contributed by atoms with Crippen LogP contribution in [-0.2, 0) is 10.3 Å². The maximum atomic E-state index is 10.8. The SMILES string of the molecule is COc1ccc(-c2ccc(OS(N)(=O)=O)cc2)cc1. The zero-order chi connectivity index (χ0) is 13.9. The van der Waals surface area contributed by atoms with Crippen LogP contribution < -0.4 is 14.1 Å². The molecule has 2 aromatic carbocycles. The largest absolute Gasteiger partial charge is 0.497 e. The van der Waals surface area contributed by atoms with Crippen LogP contribution in [0.3, 0.4) is 0 Å². The minimum Gasteiger partial charge on any atom is -0.497 e. The third-order valence-corrected chi connectivity index (χ3v) is 2.91. The van der Waals surface area contributed by atoms with Gasteiger partial charge >= 0.3 is 10.3 Å². The minimum absolute atomic E-state index is 0.180. The first kappa shape index (κ1) is 13.4. The summed E-state index contributed by atoms with van der Waals surface area (Å²) in [4.78, 5) is 0. The fourth-order valence-corrected chi connectivity index (χ4v) is 2.00. The number of benzene rings is 2.